The second kappa shape index (κ2) is 19.6. The molecule has 0 aromatic rings. The molecule has 0 aromatic carbocycles. The van der Waals surface area contributed by atoms with Gasteiger partial charge in [0.2, 0.25) is 0 Å². The van der Waals surface area contributed by atoms with Crippen LogP contribution in [0.1, 0.15) is 81.1 Å². The maximum atomic E-state index is 11.2. The molecule has 0 saturated carbocycles. The molecule has 3 nitrogen and oxygen atoms in total. The highest BCUT2D eigenvalue weighted by Gasteiger charge is 2.08. The van der Waals surface area contributed by atoms with Crippen molar-refractivity contribution in [3.63, 3.8) is 0 Å². The van der Waals surface area contributed by atoms with Gasteiger partial charge in [-0.15, -0.1) is 0 Å². The van der Waals surface area contributed by atoms with E-state index in [1.54, 1.807) is 0 Å². The average Bonchev–Trinajstić information content (AvgIpc) is 2.32. The van der Waals surface area contributed by atoms with Gasteiger partial charge in [-0.1, -0.05) is 61.3 Å². The van der Waals surface area contributed by atoms with Crippen LogP contribution in [0.15, 0.2) is 0 Å². The van der Waals surface area contributed by atoms with Gasteiger partial charge in [0.15, 0.2) is 0 Å². The van der Waals surface area contributed by atoms with Crippen LogP contribution in [0.4, 0.5) is 4.79 Å². The summed E-state index contributed by atoms with van der Waals surface area (Å²) in [5.74, 6) is 0.833. The second-order valence-corrected chi connectivity index (χ2v) is 5.01. The number of carbonyl (C=O) groups excluding carboxylic acids is 1. The van der Waals surface area contributed by atoms with Crippen LogP contribution in [0.3, 0.4) is 0 Å². The van der Waals surface area contributed by atoms with Crippen LogP contribution < -0.4 is 10.6 Å². The number of rotatable bonds is 6. The van der Waals surface area contributed by atoms with E-state index in [0.29, 0.717) is 12.6 Å². The predicted molar refractivity (Wildman–Crippen MR) is 87.7 cm³/mol. The Balaban J connectivity index is -0.000000361. The van der Waals surface area contributed by atoms with Crippen LogP contribution in [0.25, 0.3) is 0 Å². The Morgan fingerprint density at radius 2 is 1.32 bits per heavy atom. The summed E-state index contributed by atoms with van der Waals surface area (Å²) in [5.41, 5.74) is 0. The van der Waals surface area contributed by atoms with Gasteiger partial charge in [0.1, 0.15) is 0 Å². The molecule has 0 aliphatic rings. The van der Waals surface area contributed by atoms with Crippen molar-refractivity contribution in [1.29, 1.82) is 0 Å². The van der Waals surface area contributed by atoms with Crippen LogP contribution in [0.2, 0.25) is 0 Å². The minimum Gasteiger partial charge on any atom is -0.338 e. The molecule has 0 radical (unpaired) electrons. The lowest BCUT2D eigenvalue weighted by molar-refractivity contribution is 0.235. The maximum Gasteiger partial charge on any atom is 0.314 e. The maximum absolute atomic E-state index is 11.2. The van der Waals surface area contributed by atoms with Gasteiger partial charge in [-0.3, -0.25) is 0 Å². The fraction of sp³-hybridized carbons (Fsp3) is 0.938. The zero-order chi connectivity index (χ0) is 15.7. The van der Waals surface area contributed by atoms with Gasteiger partial charge in [0.25, 0.3) is 0 Å². The van der Waals surface area contributed by atoms with E-state index in [9.17, 15) is 4.79 Å². The summed E-state index contributed by atoms with van der Waals surface area (Å²) >= 11 is 0. The molecule has 0 atom stereocenters. The second-order valence-electron chi connectivity index (χ2n) is 5.01. The van der Waals surface area contributed by atoms with Crippen molar-refractivity contribution in [2.45, 2.75) is 87.1 Å². The molecule has 3 heteroatoms. The lowest BCUT2D eigenvalue weighted by atomic mass is 10.1. The van der Waals surface area contributed by atoms with Crippen LogP contribution in [0, 0.1) is 5.92 Å². The Hall–Kier alpha value is -0.730. The molecule has 0 aliphatic carbocycles. The van der Waals surface area contributed by atoms with Crippen molar-refractivity contribution in [3.8, 4) is 0 Å². The highest BCUT2D eigenvalue weighted by atomic mass is 16.2. The van der Waals surface area contributed by atoms with Crippen LogP contribution in [0.5, 0.6) is 0 Å². The molecule has 0 bridgehead atoms. The van der Waals surface area contributed by atoms with E-state index in [4.69, 9.17) is 0 Å². The topological polar surface area (TPSA) is 41.1 Å². The van der Waals surface area contributed by atoms with E-state index in [0.717, 1.165) is 31.6 Å². The minimum absolute atomic E-state index is 0.0330. The first-order valence-electron chi connectivity index (χ1n) is 8.02. The highest BCUT2D eigenvalue weighted by molar-refractivity contribution is 5.74. The number of hydrogen-bond acceptors (Lipinski definition) is 1. The molecule has 0 fully saturated rings. The first-order valence-corrected chi connectivity index (χ1v) is 8.02. The lowest BCUT2D eigenvalue weighted by Gasteiger charge is -2.17. The molecular formula is C16H38N2O. The molecule has 19 heavy (non-hydrogen) atoms. The smallest absolute Gasteiger partial charge is 0.314 e. The first-order chi connectivity index (χ1) is 8.97. The van der Waals surface area contributed by atoms with Gasteiger partial charge in [-0.25, -0.2) is 4.79 Å². The van der Waals surface area contributed by atoms with Gasteiger partial charge in [-0.2, -0.15) is 0 Å². The van der Waals surface area contributed by atoms with E-state index >= 15 is 0 Å². The third-order valence-electron chi connectivity index (χ3n) is 1.95. The van der Waals surface area contributed by atoms with E-state index in [-0.39, 0.29) is 6.03 Å². The molecule has 2 N–H and O–H groups in total. The number of nitrogens with one attached hydrogen (secondary N) is 2. The summed E-state index contributed by atoms with van der Waals surface area (Å²) in [7, 11) is 0. The Kier molecular flexibility index (Phi) is 24.1. The van der Waals surface area contributed by atoms with E-state index in [2.05, 4.69) is 45.3 Å². The SMILES string of the molecule is CC.CC(C)C.CCCC(CCC)NC(=O)NCC. The lowest BCUT2D eigenvalue weighted by Crippen LogP contribution is -2.41. The van der Waals surface area contributed by atoms with Crippen LogP contribution >= 0.6 is 0 Å². The van der Waals surface area contributed by atoms with Crippen molar-refractivity contribution in [2.24, 2.45) is 5.92 Å². The summed E-state index contributed by atoms with van der Waals surface area (Å²) in [6.45, 7) is 17.4. The third-order valence-corrected chi connectivity index (χ3v) is 1.95. The molecule has 0 aromatic heterocycles. The summed E-state index contributed by atoms with van der Waals surface area (Å²) in [6, 6.07) is 0.316. The highest BCUT2D eigenvalue weighted by Crippen LogP contribution is 2.03. The summed E-state index contributed by atoms with van der Waals surface area (Å²) in [6.07, 6.45) is 4.39. The fourth-order valence-electron chi connectivity index (χ4n) is 1.38. The molecule has 118 valence electrons. The molecule has 0 heterocycles. The number of hydrogen-bond donors (Lipinski definition) is 2. The van der Waals surface area contributed by atoms with Crippen molar-refractivity contribution < 1.29 is 4.79 Å². The summed E-state index contributed by atoms with van der Waals surface area (Å²) in [4.78, 5) is 11.2. The number of carbonyl (C=O) groups is 1. The van der Waals surface area contributed by atoms with Crippen molar-refractivity contribution >= 4 is 6.03 Å². The van der Waals surface area contributed by atoms with E-state index in [1.807, 2.05) is 20.8 Å². The predicted octanol–water partition coefficient (Wildman–Crippen LogP) is 4.96. The molecule has 0 unspecified atom stereocenters. The fourth-order valence-corrected chi connectivity index (χ4v) is 1.38. The number of urea groups is 1. The van der Waals surface area contributed by atoms with Gasteiger partial charge in [0, 0.05) is 12.6 Å². The van der Waals surface area contributed by atoms with Gasteiger partial charge < -0.3 is 10.6 Å². The zero-order valence-electron chi connectivity index (χ0n) is 14.6. The third kappa shape index (κ3) is 26.7. The Morgan fingerprint density at radius 1 is 0.947 bits per heavy atom. The van der Waals surface area contributed by atoms with E-state index in [1.165, 1.54) is 0 Å². The molecule has 0 rings (SSSR count). The molecule has 0 saturated heterocycles. The number of amides is 2. The van der Waals surface area contributed by atoms with Gasteiger partial charge >= 0.3 is 6.03 Å². The molecule has 0 aliphatic heterocycles. The minimum atomic E-state index is -0.0330. The summed E-state index contributed by atoms with van der Waals surface area (Å²) < 4.78 is 0. The molecule has 0 spiro atoms. The van der Waals surface area contributed by atoms with Crippen LogP contribution in [-0.2, 0) is 0 Å². The molecule has 2 amide bonds. The largest absolute Gasteiger partial charge is 0.338 e. The van der Waals surface area contributed by atoms with Crippen LogP contribution in [-0.4, -0.2) is 18.6 Å². The quantitative estimate of drug-likeness (QED) is 0.706. The van der Waals surface area contributed by atoms with E-state index < -0.39 is 0 Å². The standard InChI is InChI=1S/C10H22N2O.C4H10.C2H6/c1-4-7-9(8-5-2)12-10(13)11-6-3;1-4(2)3;1-2/h9H,4-8H2,1-3H3,(H2,11,12,13);4H,1-3H3;1-2H3. The first kappa shape index (κ1) is 23.4. The van der Waals surface area contributed by atoms with Gasteiger partial charge in [-0.05, 0) is 25.7 Å². The van der Waals surface area contributed by atoms with Crippen molar-refractivity contribution in [2.75, 3.05) is 6.54 Å². The van der Waals surface area contributed by atoms with Crippen molar-refractivity contribution in [3.05, 3.63) is 0 Å². The van der Waals surface area contributed by atoms with Gasteiger partial charge in [0.05, 0.1) is 0 Å². The zero-order valence-corrected chi connectivity index (χ0v) is 14.6. The van der Waals surface area contributed by atoms with Crippen molar-refractivity contribution in [1.82, 2.24) is 10.6 Å². The monoisotopic (exact) mass is 274 g/mol. The Morgan fingerprint density at radius 3 is 1.58 bits per heavy atom. The molecular weight excluding hydrogens is 236 g/mol. The normalized spacial score (nSPS) is 9.16. The Labute approximate surface area is 121 Å². The average molecular weight is 274 g/mol. The summed E-state index contributed by atoms with van der Waals surface area (Å²) in [5, 5.41) is 5.71. The Bertz CT molecular complexity index is 161.